The molecule has 0 aliphatic rings. The minimum atomic E-state index is 0.557. The normalized spacial score (nSPS) is 13.3. The van der Waals surface area contributed by atoms with Crippen LogP contribution in [0.5, 0.6) is 0 Å². The van der Waals surface area contributed by atoms with Gasteiger partial charge in [-0.25, -0.2) is 0 Å². The highest BCUT2D eigenvalue weighted by atomic mass is 15.3. The summed E-state index contributed by atoms with van der Waals surface area (Å²) in [4.78, 5) is 0. The molecule has 1 atom stereocenters. The number of nitrogens with one attached hydrogen (secondary N) is 1. The molecular weight excluding hydrogens is 246 g/mol. The van der Waals surface area contributed by atoms with Crippen molar-refractivity contribution in [1.82, 2.24) is 15.1 Å². The van der Waals surface area contributed by atoms with Crippen molar-refractivity contribution in [3.63, 3.8) is 0 Å². The van der Waals surface area contributed by atoms with Gasteiger partial charge >= 0.3 is 0 Å². The van der Waals surface area contributed by atoms with E-state index in [1.165, 1.54) is 12.1 Å². The van der Waals surface area contributed by atoms with E-state index in [-0.39, 0.29) is 0 Å². The Kier molecular flexibility index (Phi) is 7.90. The molecule has 0 fully saturated rings. The Morgan fingerprint density at radius 3 is 2.45 bits per heavy atom. The summed E-state index contributed by atoms with van der Waals surface area (Å²) in [6.45, 7) is 13.4. The van der Waals surface area contributed by atoms with Crippen LogP contribution in [0, 0.1) is 11.8 Å². The van der Waals surface area contributed by atoms with E-state index in [4.69, 9.17) is 5.10 Å². The van der Waals surface area contributed by atoms with Crippen molar-refractivity contribution >= 4 is 0 Å². The van der Waals surface area contributed by atoms with Gasteiger partial charge in [0.25, 0.3) is 0 Å². The Balaban J connectivity index is 2.63. The van der Waals surface area contributed by atoms with E-state index < -0.39 is 0 Å². The summed E-state index contributed by atoms with van der Waals surface area (Å²) in [5.41, 5.74) is 1.25. The molecule has 20 heavy (non-hydrogen) atoms. The predicted octanol–water partition coefficient (Wildman–Crippen LogP) is 4.06. The lowest BCUT2D eigenvalue weighted by atomic mass is 9.93. The molecule has 0 aliphatic heterocycles. The summed E-state index contributed by atoms with van der Waals surface area (Å²) < 4.78 is 2.16. The molecular formula is C17H33N3. The van der Waals surface area contributed by atoms with Gasteiger partial charge in [0.2, 0.25) is 0 Å². The molecule has 1 unspecified atom stereocenters. The molecule has 3 nitrogen and oxygen atoms in total. The fourth-order valence-electron chi connectivity index (χ4n) is 2.90. The van der Waals surface area contributed by atoms with Crippen molar-refractivity contribution in [2.24, 2.45) is 11.8 Å². The van der Waals surface area contributed by atoms with E-state index in [1.54, 1.807) is 0 Å². The van der Waals surface area contributed by atoms with Gasteiger partial charge in [0, 0.05) is 6.20 Å². The smallest absolute Gasteiger partial charge is 0.0627 e. The van der Waals surface area contributed by atoms with Crippen LogP contribution >= 0.6 is 0 Å². The Morgan fingerprint density at radius 1 is 1.20 bits per heavy atom. The summed E-state index contributed by atoms with van der Waals surface area (Å²) in [5.74, 6) is 1.44. The second-order valence-electron chi connectivity index (χ2n) is 6.26. The molecule has 0 saturated heterocycles. The SMILES string of the molecule is CCNCC(Cc1ccn(C(CC)CC)n1)CC(C)C. The lowest BCUT2D eigenvalue weighted by Gasteiger charge is -2.18. The molecule has 1 aromatic rings. The Hall–Kier alpha value is -0.830. The second-order valence-corrected chi connectivity index (χ2v) is 6.26. The topological polar surface area (TPSA) is 29.9 Å². The van der Waals surface area contributed by atoms with Gasteiger partial charge in [0.15, 0.2) is 0 Å². The van der Waals surface area contributed by atoms with Crippen LogP contribution < -0.4 is 5.32 Å². The van der Waals surface area contributed by atoms with Gasteiger partial charge in [-0.1, -0.05) is 34.6 Å². The van der Waals surface area contributed by atoms with Gasteiger partial charge in [-0.2, -0.15) is 5.10 Å². The zero-order valence-electron chi connectivity index (χ0n) is 14.0. The van der Waals surface area contributed by atoms with Gasteiger partial charge in [-0.3, -0.25) is 4.68 Å². The van der Waals surface area contributed by atoms with E-state index in [2.05, 4.69) is 56.9 Å². The van der Waals surface area contributed by atoms with Gasteiger partial charge in [-0.15, -0.1) is 0 Å². The van der Waals surface area contributed by atoms with Crippen molar-refractivity contribution in [2.45, 2.75) is 66.3 Å². The Labute approximate surface area is 125 Å². The zero-order valence-corrected chi connectivity index (χ0v) is 14.0. The summed E-state index contributed by atoms with van der Waals surface area (Å²) in [6.07, 6.45) is 6.84. The van der Waals surface area contributed by atoms with E-state index in [1.807, 2.05) is 0 Å². The van der Waals surface area contributed by atoms with Gasteiger partial charge < -0.3 is 5.32 Å². The fraction of sp³-hybridized carbons (Fsp3) is 0.824. The summed E-state index contributed by atoms with van der Waals surface area (Å²) in [5, 5.41) is 8.29. The minimum absolute atomic E-state index is 0.557. The zero-order chi connectivity index (χ0) is 15.0. The third kappa shape index (κ3) is 5.66. The van der Waals surface area contributed by atoms with Crippen LogP contribution in [0.4, 0.5) is 0 Å². The van der Waals surface area contributed by atoms with E-state index >= 15 is 0 Å². The van der Waals surface area contributed by atoms with E-state index in [0.29, 0.717) is 12.0 Å². The maximum Gasteiger partial charge on any atom is 0.0627 e. The third-order valence-corrected chi connectivity index (χ3v) is 3.97. The Morgan fingerprint density at radius 2 is 1.90 bits per heavy atom. The number of rotatable bonds is 10. The standard InChI is InChI=1S/C17H33N3/c1-6-17(7-2)20-10-9-16(19-20)12-15(11-14(4)5)13-18-8-3/h9-10,14-15,17-18H,6-8,11-13H2,1-5H3. The fourth-order valence-corrected chi connectivity index (χ4v) is 2.90. The van der Waals surface area contributed by atoms with Gasteiger partial charge in [-0.05, 0) is 56.7 Å². The first-order valence-electron chi connectivity index (χ1n) is 8.35. The first kappa shape index (κ1) is 17.2. The van der Waals surface area contributed by atoms with Crippen LogP contribution in [0.1, 0.15) is 65.6 Å². The molecule has 1 aromatic heterocycles. The molecule has 0 radical (unpaired) electrons. The number of hydrogen-bond acceptors (Lipinski definition) is 2. The van der Waals surface area contributed by atoms with Crippen molar-refractivity contribution in [1.29, 1.82) is 0 Å². The molecule has 116 valence electrons. The van der Waals surface area contributed by atoms with Crippen LogP contribution in [-0.4, -0.2) is 22.9 Å². The minimum Gasteiger partial charge on any atom is -0.317 e. The Bertz CT molecular complexity index is 353. The highest BCUT2D eigenvalue weighted by Gasteiger charge is 2.14. The first-order valence-corrected chi connectivity index (χ1v) is 8.35. The monoisotopic (exact) mass is 279 g/mol. The molecule has 0 aliphatic carbocycles. The largest absolute Gasteiger partial charge is 0.317 e. The first-order chi connectivity index (χ1) is 9.60. The summed E-state index contributed by atoms with van der Waals surface area (Å²) >= 11 is 0. The second kappa shape index (κ2) is 9.17. The third-order valence-electron chi connectivity index (χ3n) is 3.97. The molecule has 1 rings (SSSR count). The molecule has 1 heterocycles. The summed E-state index contributed by atoms with van der Waals surface area (Å²) in [7, 11) is 0. The van der Waals surface area contributed by atoms with Crippen molar-refractivity contribution in [2.75, 3.05) is 13.1 Å². The molecule has 0 amide bonds. The highest BCUT2D eigenvalue weighted by Crippen LogP contribution is 2.18. The van der Waals surface area contributed by atoms with Gasteiger partial charge in [0.05, 0.1) is 11.7 Å². The quantitative estimate of drug-likeness (QED) is 0.700. The van der Waals surface area contributed by atoms with E-state index in [0.717, 1.165) is 38.3 Å². The average Bonchev–Trinajstić information content (AvgIpc) is 2.85. The summed E-state index contributed by atoms with van der Waals surface area (Å²) in [6, 6.07) is 2.76. The molecule has 0 bridgehead atoms. The van der Waals surface area contributed by atoms with Gasteiger partial charge in [0.1, 0.15) is 0 Å². The number of hydrogen-bond donors (Lipinski definition) is 1. The predicted molar refractivity (Wildman–Crippen MR) is 87.0 cm³/mol. The van der Waals surface area contributed by atoms with Crippen molar-refractivity contribution in [3.8, 4) is 0 Å². The molecule has 1 N–H and O–H groups in total. The van der Waals surface area contributed by atoms with Crippen LogP contribution in [0.25, 0.3) is 0 Å². The van der Waals surface area contributed by atoms with E-state index in [9.17, 15) is 0 Å². The maximum atomic E-state index is 4.80. The lowest BCUT2D eigenvalue weighted by molar-refractivity contribution is 0.379. The molecule has 0 spiro atoms. The average molecular weight is 279 g/mol. The molecule has 3 heteroatoms. The highest BCUT2D eigenvalue weighted by molar-refractivity contribution is 5.01. The van der Waals surface area contributed by atoms with Crippen LogP contribution in [0.2, 0.25) is 0 Å². The maximum absolute atomic E-state index is 4.80. The number of aromatic nitrogens is 2. The number of nitrogens with zero attached hydrogens (tertiary/aromatic N) is 2. The van der Waals surface area contributed by atoms with Crippen molar-refractivity contribution < 1.29 is 0 Å². The molecule has 0 aromatic carbocycles. The molecule has 0 saturated carbocycles. The van der Waals surface area contributed by atoms with Crippen LogP contribution in [0.15, 0.2) is 12.3 Å². The van der Waals surface area contributed by atoms with Crippen LogP contribution in [-0.2, 0) is 6.42 Å². The van der Waals surface area contributed by atoms with Crippen molar-refractivity contribution in [3.05, 3.63) is 18.0 Å². The lowest BCUT2D eigenvalue weighted by Crippen LogP contribution is -2.25. The van der Waals surface area contributed by atoms with Crippen LogP contribution in [0.3, 0.4) is 0 Å².